The summed E-state index contributed by atoms with van der Waals surface area (Å²) in [6.07, 6.45) is -4.47. The molecule has 0 saturated heterocycles. The van der Waals surface area contributed by atoms with E-state index >= 15 is 0 Å². The molecule has 132 valence electrons. The minimum atomic E-state index is -4.60. The molecule has 1 N–H and O–H groups in total. The van der Waals surface area contributed by atoms with E-state index in [9.17, 15) is 22.8 Å². The largest absolute Gasteiger partial charge is 0.463 e. The Morgan fingerprint density at radius 1 is 1.29 bits per heavy atom. The molecule has 0 radical (unpaired) electrons. The zero-order valence-corrected chi connectivity index (χ0v) is 13.6. The van der Waals surface area contributed by atoms with Crippen LogP contribution in [0.2, 0.25) is 5.02 Å². The van der Waals surface area contributed by atoms with Gasteiger partial charge in [-0.3, -0.25) is 5.32 Å². The van der Waals surface area contributed by atoms with Gasteiger partial charge in [0.25, 0.3) is 0 Å². The van der Waals surface area contributed by atoms with Gasteiger partial charge in [0.2, 0.25) is 0 Å². The van der Waals surface area contributed by atoms with Gasteiger partial charge in [-0.25, -0.2) is 9.59 Å². The minimum absolute atomic E-state index is 0.119. The van der Waals surface area contributed by atoms with Gasteiger partial charge in [0, 0.05) is 11.8 Å². The van der Waals surface area contributed by atoms with Crippen LogP contribution in [0.4, 0.5) is 18.0 Å². The number of alkyl halides is 3. The molecule has 0 aliphatic rings. The summed E-state index contributed by atoms with van der Waals surface area (Å²) in [5.41, 5.74) is -0.719. The maximum atomic E-state index is 12.7. The number of carbonyl (C=O) groups excluding carboxylic acids is 2. The highest BCUT2D eigenvalue weighted by Gasteiger charge is 2.33. The lowest BCUT2D eigenvalue weighted by Crippen LogP contribution is -2.23. The van der Waals surface area contributed by atoms with Gasteiger partial charge in [-0.05, 0) is 31.5 Å². The second-order valence-corrected chi connectivity index (χ2v) is 5.00. The number of esters is 1. The van der Waals surface area contributed by atoms with E-state index in [4.69, 9.17) is 16.3 Å². The normalized spacial score (nSPS) is 11.8. The van der Waals surface area contributed by atoms with Crippen LogP contribution in [0.3, 0.4) is 0 Å². The van der Waals surface area contributed by atoms with E-state index in [0.29, 0.717) is 0 Å². The van der Waals surface area contributed by atoms with E-state index in [1.807, 2.05) is 0 Å². The van der Waals surface area contributed by atoms with Crippen LogP contribution in [0.25, 0.3) is 0 Å². The lowest BCUT2D eigenvalue weighted by Gasteiger charge is -2.11. The second-order valence-electron chi connectivity index (χ2n) is 4.59. The van der Waals surface area contributed by atoms with Crippen molar-refractivity contribution in [3.05, 3.63) is 46.1 Å². The van der Waals surface area contributed by atoms with Crippen molar-refractivity contribution in [1.82, 2.24) is 5.32 Å². The van der Waals surface area contributed by atoms with E-state index in [-0.39, 0.29) is 17.9 Å². The summed E-state index contributed by atoms with van der Waals surface area (Å²) in [6, 6.07) is 3.19. The molecule has 1 amide bonds. The summed E-state index contributed by atoms with van der Waals surface area (Å²) in [6.45, 7) is 2.86. The maximum absolute atomic E-state index is 12.7. The smallest absolute Gasteiger partial charge is 0.417 e. The average Bonchev–Trinajstić information content (AvgIpc) is 2.45. The molecule has 0 aromatic heterocycles. The fraction of sp³-hybridized carbons (Fsp3) is 0.333. The number of allylic oxidation sites excluding steroid dienone is 1. The number of halogens is 4. The van der Waals surface area contributed by atoms with Crippen LogP contribution in [0.5, 0.6) is 0 Å². The summed E-state index contributed by atoms with van der Waals surface area (Å²) in [5, 5.41) is 1.81. The molecule has 0 unspecified atom stereocenters. The van der Waals surface area contributed by atoms with Gasteiger partial charge >= 0.3 is 18.2 Å². The third-order valence-corrected chi connectivity index (χ3v) is 2.96. The van der Waals surface area contributed by atoms with E-state index in [1.165, 1.54) is 13.0 Å². The first-order valence-corrected chi connectivity index (χ1v) is 7.15. The standard InChI is InChI=1S/C15H15ClF3NO4/c1-3-23-13(21)6-9(2)20-14(22)24-8-10-4-5-12(16)11(7-10)15(17,18)19/h4-7H,3,8H2,1-2H3,(H,20,22). The molecule has 0 heterocycles. The van der Waals surface area contributed by atoms with Crippen molar-refractivity contribution in [3.63, 3.8) is 0 Å². The van der Waals surface area contributed by atoms with E-state index in [1.54, 1.807) is 6.92 Å². The third-order valence-electron chi connectivity index (χ3n) is 2.63. The minimum Gasteiger partial charge on any atom is -0.463 e. The molecular weight excluding hydrogens is 351 g/mol. The van der Waals surface area contributed by atoms with E-state index in [2.05, 4.69) is 10.1 Å². The molecule has 1 aromatic rings. The first-order valence-electron chi connectivity index (χ1n) is 6.78. The van der Waals surface area contributed by atoms with E-state index in [0.717, 1.165) is 18.2 Å². The lowest BCUT2D eigenvalue weighted by atomic mass is 10.1. The second kappa shape index (κ2) is 8.58. The topological polar surface area (TPSA) is 64.6 Å². The zero-order valence-electron chi connectivity index (χ0n) is 12.9. The molecule has 0 atom stereocenters. The van der Waals surface area contributed by atoms with Gasteiger partial charge in [0.15, 0.2) is 0 Å². The van der Waals surface area contributed by atoms with Crippen molar-refractivity contribution in [2.45, 2.75) is 26.6 Å². The Hall–Kier alpha value is -2.22. The molecule has 0 saturated carbocycles. The van der Waals surface area contributed by atoms with Crippen molar-refractivity contribution in [2.24, 2.45) is 0 Å². The quantitative estimate of drug-likeness (QED) is 0.631. The summed E-state index contributed by atoms with van der Waals surface area (Å²) in [4.78, 5) is 22.7. The molecular formula is C15H15ClF3NO4. The highest BCUT2D eigenvalue weighted by molar-refractivity contribution is 6.31. The van der Waals surface area contributed by atoms with Gasteiger partial charge in [0.05, 0.1) is 17.2 Å². The first-order chi connectivity index (χ1) is 11.1. The average molecular weight is 366 g/mol. The number of carbonyl (C=O) groups is 2. The highest BCUT2D eigenvalue weighted by atomic mass is 35.5. The molecule has 24 heavy (non-hydrogen) atoms. The van der Waals surface area contributed by atoms with Crippen molar-refractivity contribution in [2.75, 3.05) is 6.61 Å². The molecule has 0 fully saturated rings. The fourth-order valence-electron chi connectivity index (χ4n) is 1.62. The van der Waals surface area contributed by atoms with Gasteiger partial charge in [-0.2, -0.15) is 13.2 Å². The Morgan fingerprint density at radius 2 is 1.96 bits per heavy atom. The number of benzene rings is 1. The van der Waals surface area contributed by atoms with Crippen molar-refractivity contribution < 1.29 is 32.2 Å². The van der Waals surface area contributed by atoms with Gasteiger partial charge < -0.3 is 9.47 Å². The molecule has 0 bridgehead atoms. The fourth-order valence-corrected chi connectivity index (χ4v) is 1.85. The molecule has 9 heteroatoms. The molecule has 1 rings (SSSR count). The molecule has 0 aliphatic carbocycles. The van der Waals surface area contributed by atoms with Gasteiger partial charge in [-0.1, -0.05) is 17.7 Å². The summed E-state index contributed by atoms with van der Waals surface area (Å²) >= 11 is 5.50. The highest BCUT2D eigenvalue weighted by Crippen LogP contribution is 2.35. The molecule has 0 aliphatic heterocycles. The van der Waals surface area contributed by atoms with Gasteiger partial charge in [0.1, 0.15) is 6.61 Å². The Balaban J connectivity index is 2.63. The Kier molecular flexibility index (Phi) is 7.09. The van der Waals surface area contributed by atoms with Crippen LogP contribution >= 0.6 is 11.6 Å². The van der Waals surface area contributed by atoms with Crippen molar-refractivity contribution in [1.29, 1.82) is 0 Å². The zero-order chi connectivity index (χ0) is 18.3. The number of rotatable bonds is 5. The predicted molar refractivity (Wildman–Crippen MR) is 80.2 cm³/mol. The summed E-state index contributed by atoms with van der Waals surface area (Å²) in [7, 11) is 0. The Bertz CT molecular complexity index is 644. The van der Waals surface area contributed by atoms with E-state index < -0.39 is 35.4 Å². The number of hydrogen-bond acceptors (Lipinski definition) is 4. The number of ether oxygens (including phenoxy) is 2. The lowest BCUT2D eigenvalue weighted by molar-refractivity contribution is -0.138. The molecule has 1 aromatic carbocycles. The van der Waals surface area contributed by atoms with Crippen LogP contribution in [0.15, 0.2) is 30.0 Å². The number of alkyl carbamates (subject to hydrolysis) is 1. The summed E-state index contributed by atoms with van der Waals surface area (Å²) in [5.74, 6) is -0.636. The SMILES string of the molecule is CCOC(=O)C=C(C)NC(=O)OCc1ccc(Cl)c(C(F)(F)F)c1. The van der Waals surface area contributed by atoms with Gasteiger partial charge in [-0.15, -0.1) is 0 Å². The van der Waals surface area contributed by atoms with Crippen LogP contribution in [-0.4, -0.2) is 18.7 Å². The van der Waals surface area contributed by atoms with Crippen molar-refractivity contribution in [3.8, 4) is 0 Å². The summed E-state index contributed by atoms with van der Waals surface area (Å²) < 4.78 is 47.6. The molecule has 0 spiro atoms. The van der Waals surface area contributed by atoms with Crippen LogP contribution in [0, 0.1) is 0 Å². The van der Waals surface area contributed by atoms with Crippen LogP contribution in [0.1, 0.15) is 25.0 Å². The third kappa shape index (κ3) is 6.49. The Labute approximate surface area is 141 Å². The maximum Gasteiger partial charge on any atom is 0.417 e. The van der Waals surface area contributed by atoms with Crippen molar-refractivity contribution >= 4 is 23.7 Å². The Morgan fingerprint density at radius 3 is 2.54 bits per heavy atom. The first kappa shape index (κ1) is 19.8. The monoisotopic (exact) mass is 365 g/mol. The number of nitrogens with one attached hydrogen (secondary N) is 1. The predicted octanol–water partition coefficient (Wildman–Crippen LogP) is 4.05. The van der Waals surface area contributed by atoms with Crippen LogP contribution < -0.4 is 5.32 Å². The van der Waals surface area contributed by atoms with Crippen LogP contribution in [-0.2, 0) is 27.1 Å². The number of hydrogen-bond donors (Lipinski definition) is 1. The molecule has 5 nitrogen and oxygen atoms in total. The number of amides is 1.